The molecule has 0 spiro atoms. The minimum atomic E-state index is -3.81. The summed E-state index contributed by atoms with van der Waals surface area (Å²) in [6.45, 7) is 2.05. The van der Waals surface area contributed by atoms with E-state index in [-0.39, 0.29) is 17.5 Å². The summed E-state index contributed by atoms with van der Waals surface area (Å²) in [6, 6.07) is 21.6. The van der Waals surface area contributed by atoms with Gasteiger partial charge in [-0.2, -0.15) is 9.40 Å². The molecule has 0 aliphatic heterocycles. The van der Waals surface area contributed by atoms with Gasteiger partial charge in [0.2, 0.25) is 15.9 Å². The summed E-state index contributed by atoms with van der Waals surface area (Å²) in [5.41, 5.74) is 2.12. The molecule has 0 radical (unpaired) electrons. The summed E-state index contributed by atoms with van der Waals surface area (Å²) in [4.78, 5) is 0.196. The fourth-order valence-electron chi connectivity index (χ4n) is 4.22. The molecule has 1 aliphatic carbocycles. The Morgan fingerprint density at radius 3 is 2.35 bits per heavy atom. The highest BCUT2D eigenvalue weighted by Crippen LogP contribution is 2.38. The molecule has 1 fully saturated rings. The number of hydrogen-bond acceptors (Lipinski definition) is 5. The van der Waals surface area contributed by atoms with Gasteiger partial charge in [0.25, 0.3) is 0 Å². The largest absolute Gasteiger partial charge is 0.497 e. The van der Waals surface area contributed by atoms with Gasteiger partial charge >= 0.3 is 0 Å². The average Bonchev–Trinajstić information content (AvgIpc) is 3.70. The molecule has 9 heteroatoms. The standard InChI is InChI=1S/C28H28FN3O4S/c1-3-27-26(19-31(21-12-13-21)37(33,34)25-16-14-23(35-2)15-17-25)28(36-24-11-7-8-20(29)18-24)32(30-27)22-9-5-4-6-10-22/h4-11,14-18,21H,3,12-13,19H2,1-2H3. The molecule has 1 heterocycles. The lowest BCUT2D eigenvalue weighted by molar-refractivity contribution is 0.382. The molecule has 0 saturated heterocycles. The highest BCUT2D eigenvalue weighted by Gasteiger charge is 2.40. The van der Waals surface area contributed by atoms with Crippen molar-refractivity contribution in [3.05, 3.63) is 95.9 Å². The average molecular weight is 522 g/mol. The Morgan fingerprint density at radius 1 is 1.00 bits per heavy atom. The first kappa shape index (κ1) is 25.0. The van der Waals surface area contributed by atoms with E-state index >= 15 is 0 Å². The number of benzene rings is 3. The number of halogens is 1. The van der Waals surface area contributed by atoms with Crippen molar-refractivity contribution in [3.8, 4) is 23.1 Å². The topological polar surface area (TPSA) is 73.7 Å². The highest BCUT2D eigenvalue weighted by molar-refractivity contribution is 7.89. The van der Waals surface area contributed by atoms with Gasteiger partial charge in [-0.15, -0.1) is 0 Å². The van der Waals surface area contributed by atoms with Crippen molar-refractivity contribution in [2.45, 2.75) is 43.7 Å². The molecule has 7 nitrogen and oxygen atoms in total. The Labute approximate surface area is 216 Å². The SMILES string of the molecule is CCc1nn(-c2ccccc2)c(Oc2cccc(F)c2)c1CN(C1CC1)S(=O)(=O)c1ccc(OC)cc1. The van der Waals surface area contributed by atoms with E-state index in [4.69, 9.17) is 14.6 Å². The molecular weight excluding hydrogens is 493 g/mol. The summed E-state index contributed by atoms with van der Waals surface area (Å²) in [6.07, 6.45) is 2.13. The molecule has 0 unspecified atom stereocenters. The molecule has 1 aliphatic rings. The van der Waals surface area contributed by atoms with Crippen molar-refractivity contribution >= 4 is 10.0 Å². The van der Waals surface area contributed by atoms with Crippen LogP contribution in [0.1, 0.15) is 31.0 Å². The van der Waals surface area contributed by atoms with Crippen LogP contribution in [0, 0.1) is 5.82 Å². The van der Waals surface area contributed by atoms with E-state index in [9.17, 15) is 12.8 Å². The first-order valence-electron chi connectivity index (χ1n) is 12.2. The molecule has 1 aromatic heterocycles. The summed E-state index contributed by atoms with van der Waals surface area (Å²) in [5, 5.41) is 4.79. The normalized spacial score (nSPS) is 13.6. The lowest BCUT2D eigenvalue weighted by Gasteiger charge is -2.23. The second-order valence-corrected chi connectivity index (χ2v) is 10.7. The first-order chi connectivity index (χ1) is 17.9. The van der Waals surface area contributed by atoms with Crippen LogP contribution in [0.15, 0.2) is 83.8 Å². The van der Waals surface area contributed by atoms with Crippen LogP contribution < -0.4 is 9.47 Å². The molecule has 0 atom stereocenters. The molecule has 0 bridgehead atoms. The molecule has 0 N–H and O–H groups in total. The second-order valence-electron chi connectivity index (χ2n) is 8.85. The molecule has 1 saturated carbocycles. The first-order valence-corrected chi connectivity index (χ1v) is 13.6. The summed E-state index contributed by atoms with van der Waals surface area (Å²) >= 11 is 0. The maximum atomic E-state index is 14.0. The zero-order valence-corrected chi connectivity index (χ0v) is 21.5. The van der Waals surface area contributed by atoms with Gasteiger partial charge < -0.3 is 9.47 Å². The molecular formula is C28H28FN3O4S. The van der Waals surface area contributed by atoms with Crippen molar-refractivity contribution in [2.24, 2.45) is 0 Å². The fraction of sp³-hybridized carbons (Fsp3) is 0.250. The number of rotatable bonds is 10. The van der Waals surface area contributed by atoms with Crippen molar-refractivity contribution in [1.29, 1.82) is 0 Å². The number of aromatic nitrogens is 2. The van der Waals surface area contributed by atoms with Gasteiger partial charge in [-0.05, 0) is 67.8 Å². The Morgan fingerprint density at radius 2 is 1.73 bits per heavy atom. The van der Waals surface area contributed by atoms with Crippen molar-refractivity contribution in [2.75, 3.05) is 7.11 Å². The Kier molecular flexibility index (Phi) is 6.99. The summed E-state index contributed by atoms with van der Waals surface area (Å²) in [5.74, 6) is 0.823. The molecule has 5 rings (SSSR count). The third kappa shape index (κ3) is 5.23. The predicted octanol–water partition coefficient (Wildman–Crippen LogP) is 5.73. The van der Waals surface area contributed by atoms with Gasteiger partial charge in [0.15, 0.2) is 0 Å². The van der Waals surface area contributed by atoms with E-state index in [1.165, 1.54) is 23.5 Å². The highest BCUT2D eigenvalue weighted by atomic mass is 32.2. The quantitative estimate of drug-likeness (QED) is 0.267. The third-order valence-electron chi connectivity index (χ3n) is 6.30. The fourth-order valence-corrected chi connectivity index (χ4v) is 5.88. The number of nitrogens with zero attached hydrogens (tertiary/aromatic N) is 3. The van der Waals surface area contributed by atoms with E-state index < -0.39 is 15.8 Å². The zero-order chi connectivity index (χ0) is 26.0. The van der Waals surface area contributed by atoms with E-state index in [2.05, 4.69) is 0 Å². The molecule has 37 heavy (non-hydrogen) atoms. The predicted molar refractivity (Wildman–Crippen MR) is 138 cm³/mol. The van der Waals surface area contributed by atoms with E-state index in [1.54, 1.807) is 41.1 Å². The lowest BCUT2D eigenvalue weighted by atomic mass is 10.2. The molecule has 3 aromatic carbocycles. The van der Waals surface area contributed by atoms with E-state index in [0.717, 1.165) is 18.5 Å². The minimum absolute atomic E-state index is 0.0830. The summed E-state index contributed by atoms with van der Waals surface area (Å²) in [7, 11) is -2.27. The molecule has 0 amide bonds. The number of hydrogen-bond donors (Lipinski definition) is 0. The van der Waals surface area contributed by atoms with Crippen LogP contribution in [0.25, 0.3) is 5.69 Å². The van der Waals surface area contributed by atoms with Crippen LogP contribution in [0.3, 0.4) is 0 Å². The maximum absolute atomic E-state index is 14.0. The summed E-state index contributed by atoms with van der Waals surface area (Å²) < 4.78 is 56.1. The number of para-hydroxylation sites is 1. The van der Waals surface area contributed by atoms with Crippen LogP contribution in [0.5, 0.6) is 17.4 Å². The lowest BCUT2D eigenvalue weighted by Crippen LogP contribution is -2.33. The maximum Gasteiger partial charge on any atom is 0.243 e. The number of ether oxygens (including phenoxy) is 2. The van der Waals surface area contributed by atoms with Gasteiger partial charge in [-0.1, -0.05) is 31.2 Å². The van der Waals surface area contributed by atoms with Crippen LogP contribution in [0.4, 0.5) is 4.39 Å². The Balaban J connectivity index is 1.60. The van der Waals surface area contributed by atoms with Gasteiger partial charge in [-0.25, -0.2) is 17.5 Å². The molecule has 192 valence electrons. The van der Waals surface area contributed by atoms with E-state index in [1.807, 2.05) is 37.3 Å². The van der Waals surface area contributed by atoms with Crippen molar-refractivity contribution in [3.63, 3.8) is 0 Å². The van der Waals surface area contributed by atoms with Crippen LogP contribution in [0.2, 0.25) is 0 Å². The number of methoxy groups -OCH3 is 1. The zero-order valence-electron chi connectivity index (χ0n) is 20.7. The van der Waals surface area contributed by atoms with Gasteiger partial charge in [0.05, 0.1) is 29.0 Å². The minimum Gasteiger partial charge on any atom is -0.497 e. The van der Waals surface area contributed by atoms with Crippen molar-refractivity contribution < 1.29 is 22.3 Å². The van der Waals surface area contributed by atoms with Gasteiger partial charge in [-0.3, -0.25) is 0 Å². The van der Waals surface area contributed by atoms with Crippen molar-refractivity contribution in [1.82, 2.24) is 14.1 Å². The van der Waals surface area contributed by atoms with Crippen LogP contribution in [-0.2, 0) is 23.0 Å². The third-order valence-corrected chi connectivity index (χ3v) is 8.21. The van der Waals surface area contributed by atoms with Crippen LogP contribution in [-0.4, -0.2) is 35.7 Å². The second kappa shape index (κ2) is 10.4. The Bertz CT molecular complexity index is 1480. The monoisotopic (exact) mass is 521 g/mol. The number of sulfonamides is 1. The van der Waals surface area contributed by atoms with Crippen LogP contribution >= 0.6 is 0 Å². The molecule has 4 aromatic rings. The van der Waals surface area contributed by atoms with Gasteiger partial charge in [0, 0.05) is 18.7 Å². The van der Waals surface area contributed by atoms with E-state index in [0.29, 0.717) is 35.1 Å². The smallest absolute Gasteiger partial charge is 0.243 e. The van der Waals surface area contributed by atoms with Gasteiger partial charge in [0.1, 0.15) is 17.3 Å². The Hall–Kier alpha value is -3.69. The number of aryl methyl sites for hydroxylation is 1.